The van der Waals surface area contributed by atoms with Gasteiger partial charge in [-0.1, -0.05) is 12.1 Å². The van der Waals surface area contributed by atoms with Gasteiger partial charge in [0.15, 0.2) is 0 Å². The molecule has 1 amide bonds. The van der Waals surface area contributed by atoms with Crippen LogP contribution in [0.4, 0.5) is 0 Å². The quantitative estimate of drug-likeness (QED) is 0.757. The molecule has 3 rings (SSSR count). The Hall–Kier alpha value is -2.44. The van der Waals surface area contributed by atoms with Gasteiger partial charge in [0.25, 0.3) is 5.91 Å². The van der Waals surface area contributed by atoms with Crippen LogP contribution in [0.1, 0.15) is 26.9 Å². The van der Waals surface area contributed by atoms with Crippen molar-refractivity contribution in [3.63, 3.8) is 0 Å². The highest BCUT2D eigenvalue weighted by molar-refractivity contribution is 7.12. The van der Waals surface area contributed by atoms with Gasteiger partial charge in [-0.15, -0.1) is 11.3 Å². The van der Waals surface area contributed by atoms with Gasteiger partial charge in [-0.05, 0) is 47.7 Å². The number of nitrogens with zero attached hydrogens (tertiary/aromatic N) is 2. The van der Waals surface area contributed by atoms with E-state index in [9.17, 15) is 9.90 Å². The molecule has 1 atom stereocenters. The van der Waals surface area contributed by atoms with E-state index in [1.54, 1.807) is 10.9 Å². The summed E-state index contributed by atoms with van der Waals surface area (Å²) >= 11 is 1.40. The van der Waals surface area contributed by atoms with Crippen LogP contribution >= 0.6 is 11.3 Å². The molecule has 0 aliphatic carbocycles. The minimum atomic E-state index is -0.744. The molecular weight excluding hydrogens is 310 g/mol. The van der Waals surface area contributed by atoms with Crippen molar-refractivity contribution in [3.05, 3.63) is 70.2 Å². The highest BCUT2D eigenvalue weighted by Gasteiger charge is 2.12. The van der Waals surface area contributed by atoms with E-state index in [1.165, 1.54) is 11.3 Å². The lowest BCUT2D eigenvalue weighted by molar-refractivity contribution is 0.0920. The molecule has 0 radical (unpaired) electrons. The average molecular weight is 327 g/mol. The van der Waals surface area contributed by atoms with Crippen molar-refractivity contribution in [1.29, 1.82) is 0 Å². The molecule has 0 aliphatic rings. The third-order valence-electron chi connectivity index (χ3n) is 3.46. The van der Waals surface area contributed by atoms with Crippen LogP contribution in [0.2, 0.25) is 0 Å². The standard InChI is InChI=1S/C17H17N3O2S/c1-12-9-16(23-11-12)17(22)18-10-15(21)13-3-5-14(6-4-13)20-8-2-7-19-20/h2-9,11,15,21H,10H2,1H3,(H,18,22). The van der Waals surface area contributed by atoms with Gasteiger partial charge in [0.05, 0.1) is 16.7 Å². The number of aliphatic hydroxyl groups excluding tert-OH is 1. The zero-order valence-corrected chi connectivity index (χ0v) is 13.5. The molecule has 1 unspecified atom stereocenters. The minimum absolute atomic E-state index is 0.157. The fourth-order valence-electron chi connectivity index (χ4n) is 2.22. The maximum Gasteiger partial charge on any atom is 0.261 e. The first kappa shape index (κ1) is 15.5. The third-order valence-corrected chi connectivity index (χ3v) is 4.50. The van der Waals surface area contributed by atoms with E-state index in [1.807, 2.05) is 54.9 Å². The maximum absolute atomic E-state index is 12.0. The van der Waals surface area contributed by atoms with Crippen LogP contribution < -0.4 is 5.32 Å². The van der Waals surface area contributed by atoms with Crippen LogP contribution in [0.5, 0.6) is 0 Å². The first-order valence-electron chi connectivity index (χ1n) is 7.25. The van der Waals surface area contributed by atoms with Gasteiger partial charge in [-0.25, -0.2) is 4.68 Å². The van der Waals surface area contributed by atoms with Crippen molar-refractivity contribution in [2.24, 2.45) is 0 Å². The molecule has 2 aromatic heterocycles. The molecule has 6 heteroatoms. The fourth-order valence-corrected chi connectivity index (χ4v) is 3.03. The number of nitrogens with one attached hydrogen (secondary N) is 1. The summed E-state index contributed by atoms with van der Waals surface area (Å²) in [6.07, 6.45) is 2.82. The smallest absolute Gasteiger partial charge is 0.261 e. The first-order chi connectivity index (χ1) is 11.1. The second-order valence-corrected chi connectivity index (χ2v) is 6.17. The largest absolute Gasteiger partial charge is 0.387 e. The molecule has 5 nitrogen and oxygen atoms in total. The maximum atomic E-state index is 12.0. The Morgan fingerprint density at radius 1 is 1.39 bits per heavy atom. The molecule has 2 heterocycles. The topological polar surface area (TPSA) is 67.2 Å². The number of hydrogen-bond acceptors (Lipinski definition) is 4. The molecule has 0 saturated heterocycles. The summed E-state index contributed by atoms with van der Waals surface area (Å²) in [7, 11) is 0. The monoisotopic (exact) mass is 327 g/mol. The number of rotatable bonds is 5. The molecule has 3 aromatic rings. The molecular formula is C17H17N3O2S. The van der Waals surface area contributed by atoms with Gasteiger partial charge in [0, 0.05) is 18.9 Å². The summed E-state index contributed by atoms with van der Waals surface area (Å²) in [5, 5.41) is 19.1. The zero-order chi connectivity index (χ0) is 16.2. The Morgan fingerprint density at radius 2 is 2.17 bits per heavy atom. The third kappa shape index (κ3) is 3.67. The molecule has 23 heavy (non-hydrogen) atoms. The summed E-state index contributed by atoms with van der Waals surface area (Å²) in [6, 6.07) is 11.1. The van der Waals surface area contributed by atoms with Gasteiger partial charge in [0.1, 0.15) is 0 Å². The lowest BCUT2D eigenvalue weighted by atomic mass is 10.1. The highest BCUT2D eigenvalue weighted by Crippen LogP contribution is 2.16. The predicted octanol–water partition coefficient (Wildman–Crippen LogP) is 2.71. The van der Waals surface area contributed by atoms with Crippen molar-refractivity contribution in [2.45, 2.75) is 13.0 Å². The SMILES string of the molecule is Cc1csc(C(=O)NCC(O)c2ccc(-n3cccn3)cc2)c1. The van der Waals surface area contributed by atoms with Gasteiger partial charge >= 0.3 is 0 Å². The van der Waals surface area contributed by atoms with Gasteiger partial charge in [-0.3, -0.25) is 4.79 Å². The van der Waals surface area contributed by atoms with E-state index in [0.29, 0.717) is 4.88 Å². The number of benzene rings is 1. The average Bonchev–Trinajstić information content (AvgIpc) is 3.24. The lowest BCUT2D eigenvalue weighted by Gasteiger charge is -2.12. The van der Waals surface area contributed by atoms with Crippen LogP contribution in [0.25, 0.3) is 5.69 Å². The van der Waals surface area contributed by atoms with E-state index >= 15 is 0 Å². The van der Waals surface area contributed by atoms with Gasteiger partial charge < -0.3 is 10.4 Å². The van der Waals surface area contributed by atoms with E-state index in [-0.39, 0.29) is 12.5 Å². The number of amides is 1. The van der Waals surface area contributed by atoms with Crippen LogP contribution in [-0.2, 0) is 0 Å². The van der Waals surface area contributed by atoms with Crippen molar-refractivity contribution in [3.8, 4) is 5.69 Å². The number of hydrogen-bond donors (Lipinski definition) is 2. The van der Waals surface area contributed by atoms with E-state index in [4.69, 9.17) is 0 Å². The van der Waals surface area contributed by atoms with Gasteiger partial charge in [0.2, 0.25) is 0 Å². The second kappa shape index (κ2) is 6.76. The first-order valence-corrected chi connectivity index (χ1v) is 8.13. The number of aromatic nitrogens is 2. The Kier molecular flexibility index (Phi) is 4.55. The summed E-state index contributed by atoms with van der Waals surface area (Å²) in [6.45, 7) is 2.13. The summed E-state index contributed by atoms with van der Waals surface area (Å²) in [5.41, 5.74) is 2.74. The Labute approximate surface area is 138 Å². The summed E-state index contributed by atoms with van der Waals surface area (Å²) in [5.74, 6) is -0.157. The number of aliphatic hydroxyl groups is 1. The Morgan fingerprint density at radius 3 is 2.78 bits per heavy atom. The molecule has 2 N–H and O–H groups in total. The minimum Gasteiger partial charge on any atom is -0.387 e. The van der Waals surface area contributed by atoms with Crippen LogP contribution in [0.3, 0.4) is 0 Å². The normalized spacial score (nSPS) is 12.1. The molecule has 118 valence electrons. The summed E-state index contributed by atoms with van der Waals surface area (Å²) in [4.78, 5) is 12.6. The van der Waals surface area contributed by atoms with E-state index < -0.39 is 6.10 Å². The lowest BCUT2D eigenvalue weighted by Crippen LogP contribution is -2.27. The zero-order valence-electron chi connectivity index (χ0n) is 12.6. The van der Waals surface area contributed by atoms with Crippen molar-refractivity contribution in [2.75, 3.05) is 6.54 Å². The van der Waals surface area contributed by atoms with Crippen molar-refractivity contribution >= 4 is 17.2 Å². The van der Waals surface area contributed by atoms with Crippen molar-refractivity contribution in [1.82, 2.24) is 15.1 Å². The van der Waals surface area contributed by atoms with Crippen LogP contribution in [-0.4, -0.2) is 27.3 Å². The summed E-state index contributed by atoms with van der Waals surface area (Å²) < 4.78 is 1.75. The fraction of sp³-hybridized carbons (Fsp3) is 0.176. The highest BCUT2D eigenvalue weighted by atomic mass is 32.1. The number of carbonyl (C=O) groups is 1. The van der Waals surface area contributed by atoms with E-state index in [2.05, 4.69) is 10.4 Å². The molecule has 1 aromatic carbocycles. The van der Waals surface area contributed by atoms with Crippen LogP contribution in [0, 0.1) is 6.92 Å². The number of thiophene rings is 1. The van der Waals surface area contributed by atoms with Gasteiger partial charge in [-0.2, -0.15) is 5.10 Å². The Bertz CT molecular complexity index is 779. The predicted molar refractivity (Wildman–Crippen MR) is 89.9 cm³/mol. The number of aryl methyl sites for hydroxylation is 1. The number of carbonyl (C=O) groups excluding carboxylic acids is 1. The molecule has 0 spiro atoms. The van der Waals surface area contributed by atoms with Crippen molar-refractivity contribution < 1.29 is 9.90 Å². The molecule has 0 aliphatic heterocycles. The van der Waals surface area contributed by atoms with Crippen LogP contribution in [0.15, 0.2) is 54.2 Å². The molecule has 0 saturated carbocycles. The second-order valence-electron chi connectivity index (χ2n) is 5.26. The van der Waals surface area contributed by atoms with E-state index in [0.717, 1.165) is 16.8 Å². The molecule has 0 bridgehead atoms. The Balaban J connectivity index is 1.60. The molecule has 0 fully saturated rings.